The topological polar surface area (TPSA) is 21.3 Å². The zero-order valence-corrected chi connectivity index (χ0v) is 12.7. The van der Waals surface area contributed by atoms with Crippen molar-refractivity contribution in [3.8, 4) is 5.75 Å². The molecule has 0 saturated carbocycles. The van der Waals surface area contributed by atoms with Crippen LogP contribution < -0.4 is 10.1 Å². The Morgan fingerprint density at radius 1 is 1.05 bits per heavy atom. The van der Waals surface area contributed by atoms with Crippen molar-refractivity contribution < 1.29 is 4.74 Å². The van der Waals surface area contributed by atoms with Crippen LogP contribution in [0.3, 0.4) is 0 Å². The molecule has 1 atom stereocenters. The molecular formula is C17H20ClNO. The van der Waals surface area contributed by atoms with Gasteiger partial charge in [-0.3, -0.25) is 0 Å². The van der Waals surface area contributed by atoms with Crippen LogP contribution in [-0.4, -0.2) is 7.11 Å². The fraction of sp³-hybridized carbons (Fsp3) is 0.294. The maximum atomic E-state index is 5.89. The zero-order chi connectivity index (χ0) is 14.4. The minimum atomic E-state index is 0.344. The molecule has 2 aromatic rings. The van der Waals surface area contributed by atoms with Crippen LogP contribution in [0.4, 0.5) is 0 Å². The van der Waals surface area contributed by atoms with Crippen LogP contribution in [0.15, 0.2) is 48.5 Å². The standard InChI is InChI=1S/C17H20ClNO/c1-3-17(14-6-10-16(20-2)11-7-14)19-12-13-4-8-15(18)9-5-13/h4-11,17,19H,3,12H2,1-2H3. The lowest BCUT2D eigenvalue weighted by Gasteiger charge is -2.18. The van der Waals surface area contributed by atoms with Crippen LogP contribution in [0, 0.1) is 0 Å². The van der Waals surface area contributed by atoms with E-state index in [1.54, 1.807) is 7.11 Å². The normalized spacial score (nSPS) is 12.2. The van der Waals surface area contributed by atoms with Gasteiger partial charge >= 0.3 is 0 Å². The van der Waals surface area contributed by atoms with E-state index in [1.807, 2.05) is 24.3 Å². The first kappa shape index (κ1) is 14.9. The fourth-order valence-electron chi connectivity index (χ4n) is 2.18. The maximum absolute atomic E-state index is 5.89. The third kappa shape index (κ3) is 3.99. The molecule has 0 aliphatic rings. The number of rotatable bonds is 6. The lowest BCUT2D eigenvalue weighted by molar-refractivity contribution is 0.414. The Labute approximate surface area is 125 Å². The van der Waals surface area contributed by atoms with Gasteiger partial charge in [-0.05, 0) is 41.8 Å². The van der Waals surface area contributed by atoms with Gasteiger partial charge in [0.2, 0.25) is 0 Å². The van der Waals surface area contributed by atoms with Gasteiger partial charge in [0, 0.05) is 17.6 Å². The van der Waals surface area contributed by atoms with E-state index in [-0.39, 0.29) is 0 Å². The predicted molar refractivity (Wildman–Crippen MR) is 84.3 cm³/mol. The number of benzene rings is 2. The molecule has 0 saturated heterocycles. The molecule has 0 bridgehead atoms. The minimum absolute atomic E-state index is 0.344. The Kier molecular flexibility index (Phi) is 5.45. The summed E-state index contributed by atoms with van der Waals surface area (Å²) < 4.78 is 5.19. The van der Waals surface area contributed by atoms with Crippen molar-refractivity contribution in [2.45, 2.75) is 25.9 Å². The first-order chi connectivity index (χ1) is 9.72. The van der Waals surface area contributed by atoms with Gasteiger partial charge in [0.25, 0.3) is 0 Å². The average molecular weight is 290 g/mol. The summed E-state index contributed by atoms with van der Waals surface area (Å²) in [6.45, 7) is 3.02. The monoisotopic (exact) mass is 289 g/mol. The molecule has 0 aromatic heterocycles. The molecule has 106 valence electrons. The Morgan fingerprint density at radius 2 is 1.70 bits per heavy atom. The van der Waals surface area contributed by atoms with Crippen molar-refractivity contribution >= 4 is 11.6 Å². The van der Waals surface area contributed by atoms with Crippen molar-refractivity contribution in [3.05, 3.63) is 64.7 Å². The third-order valence-corrected chi connectivity index (χ3v) is 3.64. The third-order valence-electron chi connectivity index (χ3n) is 3.39. The highest BCUT2D eigenvalue weighted by molar-refractivity contribution is 6.30. The van der Waals surface area contributed by atoms with Gasteiger partial charge in [-0.2, -0.15) is 0 Å². The largest absolute Gasteiger partial charge is 0.497 e. The molecule has 0 aliphatic carbocycles. The van der Waals surface area contributed by atoms with Crippen LogP contribution in [0.5, 0.6) is 5.75 Å². The van der Waals surface area contributed by atoms with Crippen LogP contribution in [-0.2, 0) is 6.54 Å². The summed E-state index contributed by atoms with van der Waals surface area (Å²) >= 11 is 5.89. The van der Waals surface area contributed by atoms with Crippen LogP contribution in [0.1, 0.15) is 30.5 Å². The quantitative estimate of drug-likeness (QED) is 0.840. The first-order valence-corrected chi connectivity index (χ1v) is 7.22. The number of hydrogen-bond donors (Lipinski definition) is 1. The first-order valence-electron chi connectivity index (χ1n) is 6.84. The van der Waals surface area contributed by atoms with Crippen molar-refractivity contribution in [1.29, 1.82) is 0 Å². The molecule has 3 heteroatoms. The summed E-state index contributed by atoms with van der Waals surface area (Å²) in [5.41, 5.74) is 2.52. The van der Waals surface area contributed by atoms with E-state index >= 15 is 0 Å². The molecule has 2 rings (SSSR count). The Balaban J connectivity index is 1.99. The summed E-state index contributed by atoms with van der Waals surface area (Å²) in [5, 5.41) is 4.35. The lowest BCUT2D eigenvalue weighted by atomic mass is 10.0. The van der Waals surface area contributed by atoms with Crippen molar-refractivity contribution in [2.24, 2.45) is 0 Å². The van der Waals surface area contributed by atoms with Crippen molar-refractivity contribution in [3.63, 3.8) is 0 Å². The summed E-state index contributed by atoms with van der Waals surface area (Å²) in [6.07, 6.45) is 1.04. The number of halogens is 1. The SMILES string of the molecule is CCC(NCc1ccc(Cl)cc1)c1ccc(OC)cc1. The Morgan fingerprint density at radius 3 is 2.25 bits per heavy atom. The van der Waals surface area contributed by atoms with Crippen molar-refractivity contribution in [1.82, 2.24) is 5.32 Å². The maximum Gasteiger partial charge on any atom is 0.118 e. The number of methoxy groups -OCH3 is 1. The summed E-state index contributed by atoms with van der Waals surface area (Å²) in [6, 6.07) is 16.5. The molecule has 0 amide bonds. The molecule has 0 fully saturated rings. The van der Waals surface area contributed by atoms with E-state index in [1.165, 1.54) is 11.1 Å². The zero-order valence-electron chi connectivity index (χ0n) is 11.9. The molecular weight excluding hydrogens is 270 g/mol. The molecule has 20 heavy (non-hydrogen) atoms. The van der Waals surface area contributed by atoms with E-state index in [9.17, 15) is 0 Å². The highest BCUT2D eigenvalue weighted by atomic mass is 35.5. The highest BCUT2D eigenvalue weighted by Crippen LogP contribution is 2.20. The Bertz CT molecular complexity index is 522. The second-order valence-corrected chi connectivity index (χ2v) is 5.18. The number of nitrogens with one attached hydrogen (secondary N) is 1. The molecule has 1 unspecified atom stereocenters. The summed E-state index contributed by atoms with van der Waals surface area (Å²) in [7, 11) is 1.69. The number of hydrogen-bond acceptors (Lipinski definition) is 2. The van der Waals surface area contributed by atoms with Crippen LogP contribution in [0.25, 0.3) is 0 Å². The van der Waals surface area contributed by atoms with E-state index < -0.39 is 0 Å². The van der Waals surface area contributed by atoms with E-state index in [2.05, 4.69) is 36.5 Å². The van der Waals surface area contributed by atoms with E-state index in [0.29, 0.717) is 6.04 Å². The highest BCUT2D eigenvalue weighted by Gasteiger charge is 2.08. The molecule has 2 nitrogen and oxygen atoms in total. The van der Waals surface area contributed by atoms with Gasteiger partial charge in [-0.25, -0.2) is 0 Å². The van der Waals surface area contributed by atoms with Crippen molar-refractivity contribution in [2.75, 3.05) is 7.11 Å². The molecule has 0 spiro atoms. The molecule has 0 radical (unpaired) electrons. The Hall–Kier alpha value is -1.51. The van der Waals surface area contributed by atoms with Gasteiger partial charge in [0.1, 0.15) is 5.75 Å². The average Bonchev–Trinajstić information content (AvgIpc) is 2.50. The second-order valence-electron chi connectivity index (χ2n) is 4.74. The van der Waals surface area contributed by atoms with Gasteiger partial charge in [0.15, 0.2) is 0 Å². The van der Waals surface area contributed by atoms with Gasteiger partial charge < -0.3 is 10.1 Å². The minimum Gasteiger partial charge on any atom is -0.497 e. The van der Waals surface area contributed by atoms with E-state index in [0.717, 1.165) is 23.7 Å². The summed E-state index contributed by atoms with van der Waals surface area (Å²) in [4.78, 5) is 0. The summed E-state index contributed by atoms with van der Waals surface area (Å²) in [5.74, 6) is 0.890. The molecule has 0 heterocycles. The van der Waals surface area contributed by atoms with Crippen LogP contribution >= 0.6 is 11.6 Å². The van der Waals surface area contributed by atoms with Gasteiger partial charge in [-0.15, -0.1) is 0 Å². The molecule has 2 aromatic carbocycles. The predicted octanol–water partition coefficient (Wildman–Crippen LogP) is 4.59. The molecule has 0 aliphatic heterocycles. The van der Waals surface area contributed by atoms with Crippen LogP contribution in [0.2, 0.25) is 5.02 Å². The van der Waals surface area contributed by atoms with Gasteiger partial charge in [0.05, 0.1) is 7.11 Å². The fourth-order valence-corrected chi connectivity index (χ4v) is 2.30. The molecule has 1 N–H and O–H groups in total. The smallest absolute Gasteiger partial charge is 0.118 e. The lowest BCUT2D eigenvalue weighted by Crippen LogP contribution is -2.20. The second kappa shape index (κ2) is 7.32. The number of ether oxygens (including phenoxy) is 1. The van der Waals surface area contributed by atoms with Gasteiger partial charge in [-0.1, -0.05) is 42.8 Å². The van der Waals surface area contributed by atoms with E-state index in [4.69, 9.17) is 16.3 Å².